The van der Waals surface area contributed by atoms with Crippen LogP contribution in [0.15, 0.2) is 73.1 Å². The summed E-state index contributed by atoms with van der Waals surface area (Å²) >= 11 is 0. The largest absolute Gasteiger partial charge is 0.465 e. The quantitative estimate of drug-likeness (QED) is 0.130. The monoisotopic (exact) mass is 753 g/mol. The number of carboxylic acid groups (broad SMARTS) is 1. The predicted molar refractivity (Wildman–Crippen MR) is 198 cm³/mol. The molecule has 8 rings (SSSR count). The highest BCUT2D eigenvalue weighted by atomic mass is 19.3. The van der Waals surface area contributed by atoms with Gasteiger partial charge in [-0.15, -0.1) is 0 Å². The summed E-state index contributed by atoms with van der Waals surface area (Å²) < 4.78 is 40.1. The molecule has 2 aromatic heterocycles. The molecule has 4 N–H and O–H groups in total. The third kappa shape index (κ3) is 7.35. The third-order valence-corrected chi connectivity index (χ3v) is 11.0. The number of H-pyrrole nitrogens is 2. The molecule has 0 bridgehead atoms. The smallest absolute Gasteiger partial charge is 0.407 e. The number of alkyl halides is 2. The number of nitrogens with zero attached hydrogens (tertiary/aromatic N) is 4. The molecular formula is C40H41F2N7O6. The van der Waals surface area contributed by atoms with E-state index in [0.717, 1.165) is 56.5 Å². The van der Waals surface area contributed by atoms with Gasteiger partial charge in [-0.1, -0.05) is 48.5 Å². The van der Waals surface area contributed by atoms with E-state index in [0.29, 0.717) is 44.1 Å². The van der Waals surface area contributed by atoms with Crippen molar-refractivity contribution in [3.05, 3.63) is 84.7 Å². The normalized spacial score (nSPS) is 20.5. The predicted octanol–water partition coefficient (Wildman–Crippen LogP) is 7.16. The van der Waals surface area contributed by atoms with Gasteiger partial charge in [-0.2, -0.15) is 0 Å². The number of halogens is 2. The zero-order chi connectivity index (χ0) is 38.3. The Balaban J connectivity index is 0.977. The van der Waals surface area contributed by atoms with Gasteiger partial charge in [-0.05, 0) is 71.2 Å². The van der Waals surface area contributed by atoms with Crippen LogP contribution in [-0.2, 0) is 14.3 Å². The van der Waals surface area contributed by atoms with Crippen molar-refractivity contribution < 1.29 is 37.7 Å². The summed E-state index contributed by atoms with van der Waals surface area (Å²) in [5, 5.41) is 14.2. The number of rotatable bonds is 8. The zero-order valence-electron chi connectivity index (χ0n) is 30.1. The lowest BCUT2D eigenvalue weighted by atomic mass is 9.90. The number of methoxy groups -OCH3 is 1. The summed E-state index contributed by atoms with van der Waals surface area (Å²) in [4.78, 5) is 55.7. The number of hydrogen-bond donors (Lipinski definition) is 4. The molecule has 3 unspecified atom stereocenters. The number of likely N-dealkylation sites (tertiary alicyclic amines) is 2. The standard InChI is InChI=1S/C40H41F2N7O6/c1-54-38(51)47-34(25-12-15-55-16-13-25)37(50)49-22-40(41,42)19-33(49)36-44-20-30(45-36)24-6-4-23(5-7-24)26-8-9-28-18-29(11-10-27(28)17-26)31-21-43-35(46-31)32-3-2-14-48(32)39(52)53/h4-11,17-18,20-21,25,32-34H,2-3,12-16,19,22H2,1H3,(H,43,46)(H,44,45)(H,47,51)(H,52,53). The van der Waals surface area contributed by atoms with E-state index in [1.165, 1.54) is 12.0 Å². The van der Waals surface area contributed by atoms with E-state index in [4.69, 9.17) is 9.47 Å². The van der Waals surface area contributed by atoms with Crippen molar-refractivity contribution >= 4 is 28.9 Å². The first kappa shape index (κ1) is 36.2. The van der Waals surface area contributed by atoms with Gasteiger partial charge in [-0.3, -0.25) is 9.69 Å². The molecule has 0 radical (unpaired) electrons. The first-order valence-corrected chi connectivity index (χ1v) is 18.4. The van der Waals surface area contributed by atoms with Crippen LogP contribution in [0.3, 0.4) is 0 Å². The van der Waals surface area contributed by atoms with Crippen LogP contribution in [0.1, 0.15) is 55.8 Å². The van der Waals surface area contributed by atoms with Crippen molar-refractivity contribution in [2.24, 2.45) is 5.92 Å². The zero-order valence-corrected chi connectivity index (χ0v) is 30.1. The molecule has 3 fully saturated rings. The molecule has 55 heavy (non-hydrogen) atoms. The number of carbonyl (C=O) groups excluding carboxylic acids is 2. The fourth-order valence-electron chi connectivity index (χ4n) is 8.11. The number of nitrogens with one attached hydrogen (secondary N) is 3. The minimum Gasteiger partial charge on any atom is -0.465 e. The molecule has 286 valence electrons. The van der Waals surface area contributed by atoms with Crippen LogP contribution in [0.4, 0.5) is 18.4 Å². The molecule has 13 nitrogen and oxygen atoms in total. The second-order valence-electron chi connectivity index (χ2n) is 14.5. The van der Waals surface area contributed by atoms with E-state index in [1.54, 1.807) is 12.4 Å². The summed E-state index contributed by atoms with van der Waals surface area (Å²) in [7, 11) is 1.19. The molecular weight excluding hydrogens is 712 g/mol. The highest BCUT2D eigenvalue weighted by Crippen LogP contribution is 2.42. The van der Waals surface area contributed by atoms with Crippen LogP contribution >= 0.6 is 0 Å². The number of alkyl carbamates (subject to hydrolysis) is 1. The number of imidazole rings is 2. The van der Waals surface area contributed by atoms with Gasteiger partial charge in [0.05, 0.1) is 49.5 Å². The van der Waals surface area contributed by atoms with E-state index < -0.39 is 49.1 Å². The topological polar surface area (TPSA) is 166 Å². The summed E-state index contributed by atoms with van der Waals surface area (Å²) in [5.74, 6) is -3.12. The summed E-state index contributed by atoms with van der Waals surface area (Å²) in [6, 6.07) is 17.9. The SMILES string of the molecule is COC(=O)NC(C(=O)N1CC(F)(F)CC1c1ncc(-c2ccc(-c3ccc4cc(-c5cnc(C6CCCN6C(=O)O)[nH]5)ccc4c3)cc2)[nH]1)C1CCOCC1. The van der Waals surface area contributed by atoms with Crippen molar-refractivity contribution in [3.8, 4) is 33.6 Å². The second kappa shape index (κ2) is 14.8. The highest BCUT2D eigenvalue weighted by Gasteiger charge is 2.51. The van der Waals surface area contributed by atoms with Crippen molar-refractivity contribution in [2.75, 3.05) is 33.4 Å². The van der Waals surface area contributed by atoms with E-state index >= 15 is 0 Å². The molecule has 15 heteroatoms. The third-order valence-electron chi connectivity index (χ3n) is 11.0. The van der Waals surface area contributed by atoms with Gasteiger partial charge >= 0.3 is 12.2 Å². The summed E-state index contributed by atoms with van der Waals surface area (Å²) in [6.45, 7) is 0.539. The lowest BCUT2D eigenvalue weighted by Gasteiger charge is -2.33. The number of benzene rings is 3. The van der Waals surface area contributed by atoms with Gasteiger partial charge in [-0.25, -0.2) is 28.3 Å². The number of hydrogen-bond acceptors (Lipinski definition) is 7. The Labute approximate surface area is 315 Å². The minimum absolute atomic E-state index is 0.245. The maximum atomic E-state index is 15.0. The van der Waals surface area contributed by atoms with E-state index in [2.05, 4.69) is 43.5 Å². The molecule has 0 aliphatic carbocycles. The Kier molecular flexibility index (Phi) is 9.71. The highest BCUT2D eigenvalue weighted by molar-refractivity contribution is 5.91. The molecule has 3 aliphatic heterocycles. The van der Waals surface area contributed by atoms with Gasteiger partial charge in [0.15, 0.2) is 0 Å². The number of fused-ring (bicyclic) bond motifs is 1. The van der Waals surface area contributed by atoms with Crippen LogP contribution in [0.25, 0.3) is 44.4 Å². The van der Waals surface area contributed by atoms with Crippen molar-refractivity contribution in [1.29, 1.82) is 0 Å². The Bertz CT molecular complexity index is 2220. The van der Waals surface area contributed by atoms with Crippen LogP contribution < -0.4 is 5.32 Å². The van der Waals surface area contributed by atoms with Crippen LogP contribution in [0, 0.1) is 5.92 Å². The molecule has 3 atom stereocenters. The summed E-state index contributed by atoms with van der Waals surface area (Å²) in [5.41, 5.74) is 5.19. The second-order valence-corrected chi connectivity index (χ2v) is 14.5. The van der Waals surface area contributed by atoms with E-state index in [1.807, 2.05) is 42.5 Å². The van der Waals surface area contributed by atoms with Crippen molar-refractivity contribution in [2.45, 2.75) is 56.2 Å². The fourth-order valence-corrected chi connectivity index (χ4v) is 8.11. The Morgan fingerprint density at radius 3 is 2.13 bits per heavy atom. The van der Waals surface area contributed by atoms with Crippen LogP contribution in [0.5, 0.6) is 0 Å². The number of ether oxygens (including phenoxy) is 2. The molecule has 0 saturated carbocycles. The number of aromatic nitrogens is 4. The van der Waals surface area contributed by atoms with Gasteiger partial charge < -0.3 is 34.8 Å². The molecule has 3 amide bonds. The first-order valence-electron chi connectivity index (χ1n) is 18.4. The maximum absolute atomic E-state index is 15.0. The number of carbonyl (C=O) groups is 3. The molecule has 3 aromatic carbocycles. The number of aromatic amines is 2. The van der Waals surface area contributed by atoms with Crippen molar-refractivity contribution in [3.63, 3.8) is 0 Å². The molecule has 0 spiro atoms. The maximum Gasteiger partial charge on any atom is 0.407 e. The molecule has 3 aliphatic rings. The van der Waals surface area contributed by atoms with Crippen LogP contribution in [0.2, 0.25) is 0 Å². The summed E-state index contributed by atoms with van der Waals surface area (Å²) in [6.07, 6.45) is 3.55. The average Bonchev–Trinajstić information content (AvgIpc) is 4.03. The minimum atomic E-state index is -3.13. The fraction of sp³-hybridized carbons (Fsp3) is 0.375. The Morgan fingerprint density at radius 1 is 0.855 bits per heavy atom. The lowest BCUT2D eigenvalue weighted by Crippen LogP contribution is -2.53. The van der Waals surface area contributed by atoms with E-state index in [-0.39, 0.29) is 17.8 Å². The van der Waals surface area contributed by atoms with Gasteiger partial charge in [0, 0.05) is 31.7 Å². The Morgan fingerprint density at radius 2 is 1.45 bits per heavy atom. The lowest BCUT2D eigenvalue weighted by molar-refractivity contribution is -0.138. The van der Waals surface area contributed by atoms with Gasteiger partial charge in [0.25, 0.3) is 5.92 Å². The Hall–Kier alpha value is -5.83. The van der Waals surface area contributed by atoms with Crippen LogP contribution in [-0.4, -0.2) is 98.3 Å². The van der Waals surface area contributed by atoms with Gasteiger partial charge in [0.1, 0.15) is 17.7 Å². The average molecular weight is 754 g/mol. The van der Waals surface area contributed by atoms with Gasteiger partial charge in [0.2, 0.25) is 5.91 Å². The first-order chi connectivity index (χ1) is 26.6. The van der Waals surface area contributed by atoms with E-state index in [9.17, 15) is 28.3 Å². The molecule has 3 saturated heterocycles. The van der Waals surface area contributed by atoms with Crippen molar-refractivity contribution in [1.82, 2.24) is 35.1 Å². The molecule has 5 aromatic rings. The molecule has 5 heterocycles. The number of amides is 3.